The maximum absolute atomic E-state index is 13.2. The van der Waals surface area contributed by atoms with Gasteiger partial charge in [-0.3, -0.25) is 28.2 Å². The summed E-state index contributed by atoms with van der Waals surface area (Å²) in [4.78, 5) is 37.3. The number of benzene rings is 2. The Labute approximate surface area is 191 Å². The van der Waals surface area contributed by atoms with Crippen LogP contribution in [-0.4, -0.2) is 36.0 Å². The summed E-state index contributed by atoms with van der Waals surface area (Å²) in [6, 6.07) is 9.25. The van der Waals surface area contributed by atoms with E-state index in [0.717, 1.165) is 5.56 Å². The minimum absolute atomic E-state index is 0.0307. The van der Waals surface area contributed by atoms with Crippen molar-refractivity contribution in [2.24, 2.45) is 7.05 Å². The molecule has 0 spiro atoms. The molecule has 1 atom stereocenters. The maximum atomic E-state index is 13.2. The van der Waals surface area contributed by atoms with Gasteiger partial charge >= 0.3 is 5.69 Å². The van der Waals surface area contributed by atoms with Gasteiger partial charge in [-0.2, -0.15) is 8.42 Å². The van der Waals surface area contributed by atoms with Gasteiger partial charge in [0.2, 0.25) is 11.8 Å². The number of imidazole rings is 1. The number of aromatic nitrogens is 2. The van der Waals surface area contributed by atoms with Gasteiger partial charge in [-0.1, -0.05) is 25.1 Å². The molecule has 1 aliphatic heterocycles. The van der Waals surface area contributed by atoms with E-state index in [4.69, 9.17) is 4.18 Å². The summed E-state index contributed by atoms with van der Waals surface area (Å²) in [7, 11) is -2.32. The summed E-state index contributed by atoms with van der Waals surface area (Å²) < 4.78 is 33.1. The van der Waals surface area contributed by atoms with Gasteiger partial charge in [-0.25, -0.2) is 4.79 Å². The van der Waals surface area contributed by atoms with Crippen LogP contribution >= 0.6 is 0 Å². The topological polar surface area (TPSA) is 116 Å². The molecule has 174 valence electrons. The lowest BCUT2D eigenvalue weighted by Gasteiger charge is -2.22. The van der Waals surface area contributed by atoms with Crippen LogP contribution in [0.4, 0.5) is 0 Å². The van der Waals surface area contributed by atoms with Crippen molar-refractivity contribution in [3.63, 3.8) is 0 Å². The van der Waals surface area contributed by atoms with Crippen molar-refractivity contribution in [1.29, 1.82) is 0 Å². The Kier molecular flexibility index (Phi) is 5.98. The highest BCUT2D eigenvalue weighted by molar-refractivity contribution is 7.86. The fourth-order valence-corrected chi connectivity index (χ4v) is 5.21. The number of hydrogen-bond donors (Lipinski definition) is 1. The number of fused-ring (bicyclic) bond motifs is 1. The lowest BCUT2D eigenvalue weighted by atomic mass is 9.99. The number of carbonyl (C=O) groups excluding carboxylic acids is 2. The predicted octanol–water partition coefficient (Wildman–Crippen LogP) is 2.41. The van der Waals surface area contributed by atoms with Crippen LogP contribution in [0.2, 0.25) is 0 Å². The first kappa shape index (κ1) is 22.9. The largest absolute Gasteiger partial charge is 0.329 e. The van der Waals surface area contributed by atoms with Crippen molar-refractivity contribution in [3.8, 4) is 11.1 Å². The molecule has 1 fully saturated rings. The smallest absolute Gasteiger partial charge is 0.295 e. The van der Waals surface area contributed by atoms with E-state index >= 15 is 0 Å². The molecule has 1 saturated heterocycles. The lowest BCUT2D eigenvalue weighted by molar-refractivity contribution is -0.135. The van der Waals surface area contributed by atoms with Crippen LogP contribution in [0.25, 0.3) is 22.2 Å². The third kappa shape index (κ3) is 4.00. The van der Waals surface area contributed by atoms with E-state index in [2.05, 4.69) is 5.32 Å². The highest BCUT2D eigenvalue weighted by Crippen LogP contribution is 2.34. The molecule has 33 heavy (non-hydrogen) atoms. The number of imide groups is 1. The number of hydrogen-bond acceptors (Lipinski definition) is 6. The lowest BCUT2D eigenvalue weighted by Crippen LogP contribution is -2.44. The fourth-order valence-electron chi connectivity index (χ4n) is 4.19. The molecule has 3 aromatic rings. The van der Waals surface area contributed by atoms with Crippen LogP contribution in [-0.2, 0) is 30.9 Å². The van der Waals surface area contributed by atoms with Crippen LogP contribution in [0.5, 0.6) is 0 Å². The summed E-state index contributed by atoms with van der Waals surface area (Å²) in [5.74, 6) is -0.868. The standard InChI is InChI=1S/C23H25N3O6S/c1-4-12-32-33(30,31)15-9-8-14(2)17(13-15)16-6-5-7-18-21(16)25(3)23(29)26(18)19-10-11-20(27)24-22(19)28/h5-9,13,19H,4,10-12H2,1-3H3,(H,24,27,28). The van der Waals surface area contributed by atoms with E-state index in [1.165, 1.54) is 15.2 Å². The van der Waals surface area contributed by atoms with Crippen LogP contribution in [0.3, 0.4) is 0 Å². The molecule has 1 aromatic heterocycles. The minimum Gasteiger partial charge on any atom is -0.295 e. The third-order valence-electron chi connectivity index (χ3n) is 5.85. The molecule has 10 heteroatoms. The normalized spacial score (nSPS) is 16.9. The molecule has 2 amide bonds. The summed E-state index contributed by atoms with van der Waals surface area (Å²) in [6.07, 6.45) is 0.943. The first-order valence-corrected chi connectivity index (χ1v) is 12.1. The second kappa shape index (κ2) is 8.60. The van der Waals surface area contributed by atoms with Gasteiger partial charge in [0.05, 0.1) is 22.5 Å². The zero-order valence-corrected chi connectivity index (χ0v) is 19.4. The molecule has 2 heterocycles. The summed E-state index contributed by atoms with van der Waals surface area (Å²) >= 11 is 0. The monoisotopic (exact) mass is 471 g/mol. The van der Waals surface area contributed by atoms with E-state index in [-0.39, 0.29) is 35.9 Å². The zero-order valence-electron chi connectivity index (χ0n) is 18.6. The van der Waals surface area contributed by atoms with Crippen molar-refractivity contribution >= 4 is 33.0 Å². The number of nitrogens with one attached hydrogen (secondary N) is 1. The van der Waals surface area contributed by atoms with Crippen molar-refractivity contribution in [2.75, 3.05) is 6.61 Å². The number of aryl methyl sites for hydroxylation is 2. The molecule has 0 radical (unpaired) electrons. The second-order valence-electron chi connectivity index (χ2n) is 8.10. The highest BCUT2D eigenvalue weighted by atomic mass is 32.2. The van der Waals surface area contributed by atoms with Crippen LogP contribution in [0.1, 0.15) is 37.8 Å². The van der Waals surface area contributed by atoms with Crippen molar-refractivity contribution in [2.45, 2.75) is 44.0 Å². The fraction of sp³-hybridized carbons (Fsp3) is 0.348. The minimum atomic E-state index is -3.92. The average molecular weight is 472 g/mol. The van der Waals surface area contributed by atoms with Gasteiger partial charge < -0.3 is 0 Å². The average Bonchev–Trinajstić information content (AvgIpc) is 3.03. The van der Waals surface area contributed by atoms with E-state index in [0.29, 0.717) is 28.6 Å². The van der Waals surface area contributed by atoms with E-state index in [1.54, 1.807) is 31.3 Å². The molecule has 0 saturated carbocycles. The van der Waals surface area contributed by atoms with Gasteiger partial charge in [-0.15, -0.1) is 0 Å². The van der Waals surface area contributed by atoms with Gasteiger partial charge in [0.25, 0.3) is 10.1 Å². The zero-order chi connectivity index (χ0) is 23.9. The molecule has 9 nitrogen and oxygen atoms in total. The molecular formula is C23H25N3O6S. The van der Waals surface area contributed by atoms with E-state index in [1.807, 2.05) is 19.9 Å². The Morgan fingerprint density at radius 1 is 1.12 bits per heavy atom. The maximum Gasteiger partial charge on any atom is 0.329 e. The molecule has 0 aliphatic carbocycles. The summed E-state index contributed by atoms with van der Waals surface area (Å²) in [5, 5.41) is 2.30. The van der Waals surface area contributed by atoms with Crippen molar-refractivity contribution < 1.29 is 22.2 Å². The van der Waals surface area contributed by atoms with Crippen LogP contribution in [0.15, 0.2) is 46.1 Å². The number of para-hydroxylation sites is 1. The first-order valence-electron chi connectivity index (χ1n) is 10.7. The number of amides is 2. The summed E-state index contributed by atoms with van der Waals surface area (Å²) in [5.41, 5.74) is 2.82. The SMILES string of the molecule is CCCOS(=O)(=O)c1ccc(C)c(-c2cccc3c2n(C)c(=O)n3C2CCC(=O)NC2=O)c1. The molecule has 1 N–H and O–H groups in total. The molecule has 1 unspecified atom stereocenters. The Morgan fingerprint density at radius 2 is 1.88 bits per heavy atom. The highest BCUT2D eigenvalue weighted by Gasteiger charge is 2.32. The van der Waals surface area contributed by atoms with Crippen LogP contribution in [0, 0.1) is 6.92 Å². The van der Waals surface area contributed by atoms with Gasteiger partial charge in [0.1, 0.15) is 6.04 Å². The van der Waals surface area contributed by atoms with Crippen molar-refractivity contribution in [3.05, 3.63) is 52.4 Å². The Hall–Kier alpha value is -3.24. The first-order chi connectivity index (χ1) is 15.7. The van der Waals surface area contributed by atoms with Gasteiger partial charge in [0, 0.05) is 19.0 Å². The molecule has 2 aromatic carbocycles. The van der Waals surface area contributed by atoms with Gasteiger partial charge in [0.15, 0.2) is 0 Å². The van der Waals surface area contributed by atoms with Crippen LogP contribution < -0.4 is 11.0 Å². The number of carbonyl (C=O) groups is 2. The number of nitrogens with zero attached hydrogens (tertiary/aromatic N) is 2. The Balaban J connectivity index is 1.91. The number of rotatable bonds is 6. The second-order valence-corrected chi connectivity index (χ2v) is 9.72. The Bertz CT molecular complexity index is 1430. The third-order valence-corrected chi connectivity index (χ3v) is 7.16. The van der Waals surface area contributed by atoms with Crippen molar-refractivity contribution in [1.82, 2.24) is 14.5 Å². The summed E-state index contributed by atoms with van der Waals surface area (Å²) in [6.45, 7) is 3.77. The van der Waals surface area contributed by atoms with E-state index < -0.39 is 22.1 Å². The molecular weight excluding hydrogens is 446 g/mol. The van der Waals surface area contributed by atoms with E-state index in [9.17, 15) is 22.8 Å². The number of piperidine rings is 1. The van der Waals surface area contributed by atoms with Gasteiger partial charge in [-0.05, 0) is 49.1 Å². The quantitative estimate of drug-likeness (QED) is 0.436. The predicted molar refractivity (Wildman–Crippen MR) is 122 cm³/mol. The molecule has 4 rings (SSSR count). The molecule has 1 aliphatic rings. The molecule has 0 bridgehead atoms. The Morgan fingerprint density at radius 3 is 2.58 bits per heavy atom.